The summed E-state index contributed by atoms with van der Waals surface area (Å²) < 4.78 is 4.96. The van der Waals surface area contributed by atoms with E-state index in [1.165, 1.54) is 30.4 Å². The van der Waals surface area contributed by atoms with E-state index in [9.17, 15) is 0 Å². The van der Waals surface area contributed by atoms with Gasteiger partial charge in [-0.05, 0) is 56.1 Å². The van der Waals surface area contributed by atoms with Crippen molar-refractivity contribution < 1.29 is 0 Å². The molecule has 0 N–H and O–H groups in total. The van der Waals surface area contributed by atoms with Crippen LogP contribution < -0.4 is 0 Å². The first-order valence-electron chi connectivity index (χ1n) is 8.75. The van der Waals surface area contributed by atoms with Crippen LogP contribution in [0.4, 0.5) is 0 Å². The summed E-state index contributed by atoms with van der Waals surface area (Å²) >= 11 is 5.69. The summed E-state index contributed by atoms with van der Waals surface area (Å²) in [4.78, 5) is 2.38. The van der Waals surface area contributed by atoms with Gasteiger partial charge in [0.25, 0.3) is 0 Å². The molecular weight excluding hydrogens is 316 g/mol. The molecule has 0 radical (unpaired) electrons. The number of nitrogens with zero attached hydrogens (tertiary/aromatic N) is 4. The van der Waals surface area contributed by atoms with E-state index in [4.69, 9.17) is 17.3 Å². The SMILES string of the molecule is C=CCn1c(C2CC2)nn(CN(C)C2CCc3ccccc32)c1=S. The van der Waals surface area contributed by atoms with E-state index >= 15 is 0 Å². The third-order valence-corrected chi connectivity index (χ3v) is 5.63. The number of aryl methyl sites for hydroxylation is 1. The van der Waals surface area contributed by atoms with Crippen molar-refractivity contribution in [2.75, 3.05) is 7.05 Å². The normalized spacial score (nSPS) is 19.7. The Kier molecular flexibility index (Phi) is 4.14. The second-order valence-corrected chi connectivity index (χ2v) is 7.33. The lowest BCUT2D eigenvalue weighted by Gasteiger charge is -2.24. The predicted octanol–water partition coefficient (Wildman–Crippen LogP) is 4.05. The van der Waals surface area contributed by atoms with Crippen LogP contribution in [0.1, 0.15) is 48.2 Å². The molecule has 1 atom stereocenters. The molecule has 0 amide bonds. The number of hydrogen-bond donors (Lipinski definition) is 0. The van der Waals surface area contributed by atoms with Crippen molar-refractivity contribution in [2.24, 2.45) is 0 Å². The average molecular weight is 340 g/mol. The molecule has 2 aliphatic rings. The van der Waals surface area contributed by atoms with Crippen LogP contribution >= 0.6 is 12.2 Å². The summed E-state index contributed by atoms with van der Waals surface area (Å²) in [5.41, 5.74) is 2.94. The van der Waals surface area contributed by atoms with Crippen molar-refractivity contribution in [2.45, 2.75) is 50.9 Å². The summed E-state index contributed by atoms with van der Waals surface area (Å²) in [6.45, 7) is 5.35. The van der Waals surface area contributed by atoms with Crippen molar-refractivity contribution in [3.8, 4) is 0 Å². The summed E-state index contributed by atoms with van der Waals surface area (Å²) in [5, 5.41) is 4.84. The molecule has 1 heterocycles. The molecule has 0 saturated heterocycles. The minimum atomic E-state index is 0.456. The Morgan fingerprint density at radius 2 is 2.12 bits per heavy atom. The molecule has 1 unspecified atom stereocenters. The Hall–Kier alpha value is -1.72. The monoisotopic (exact) mass is 340 g/mol. The van der Waals surface area contributed by atoms with Crippen molar-refractivity contribution in [3.05, 3.63) is 58.6 Å². The smallest absolute Gasteiger partial charge is 0.199 e. The van der Waals surface area contributed by atoms with E-state index < -0.39 is 0 Å². The highest BCUT2D eigenvalue weighted by molar-refractivity contribution is 7.71. The molecule has 1 fully saturated rings. The van der Waals surface area contributed by atoms with Crippen molar-refractivity contribution in [1.29, 1.82) is 0 Å². The largest absolute Gasteiger partial charge is 0.300 e. The lowest BCUT2D eigenvalue weighted by molar-refractivity contribution is 0.181. The van der Waals surface area contributed by atoms with Gasteiger partial charge in [-0.15, -0.1) is 6.58 Å². The average Bonchev–Trinajstić information content (AvgIpc) is 3.27. The molecule has 0 spiro atoms. The molecule has 0 bridgehead atoms. The van der Waals surface area contributed by atoms with Crippen LogP contribution in [0.5, 0.6) is 0 Å². The first kappa shape index (κ1) is 15.8. The van der Waals surface area contributed by atoms with Crippen molar-refractivity contribution in [1.82, 2.24) is 19.2 Å². The molecule has 0 aliphatic heterocycles. The zero-order valence-corrected chi connectivity index (χ0v) is 15.0. The maximum atomic E-state index is 5.69. The zero-order chi connectivity index (χ0) is 16.7. The fourth-order valence-corrected chi connectivity index (χ4v) is 4.06. The topological polar surface area (TPSA) is 26.0 Å². The van der Waals surface area contributed by atoms with Gasteiger partial charge >= 0.3 is 0 Å². The Bertz CT molecular complexity index is 815. The highest BCUT2D eigenvalue weighted by Gasteiger charge is 2.31. The van der Waals surface area contributed by atoms with Gasteiger partial charge in [-0.2, -0.15) is 5.10 Å². The lowest BCUT2D eigenvalue weighted by Crippen LogP contribution is -2.26. The Balaban J connectivity index is 1.58. The molecule has 2 aliphatic carbocycles. The van der Waals surface area contributed by atoms with Crippen molar-refractivity contribution in [3.63, 3.8) is 0 Å². The van der Waals surface area contributed by atoms with Crippen LogP contribution in [0.15, 0.2) is 36.9 Å². The van der Waals surface area contributed by atoms with Gasteiger partial charge in [0.1, 0.15) is 5.82 Å². The third kappa shape index (κ3) is 2.76. The van der Waals surface area contributed by atoms with Crippen LogP contribution in [0.3, 0.4) is 0 Å². The van der Waals surface area contributed by atoms with E-state index in [1.54, 1.807) is 0 Å². The van der Waals surface area contributed by atoms with E-state index in [0.717, 1.165) is 30.2 Å². The molecule has 1 saturated carbocycles. The summed E-state index contributed by atoms with van der Waals surface area (Å²) in [6.07, 6.45) is 6.70. The van der Waals surface area contributed by atoms with Gasteiger partial charge in [0.2, 0.25) is 0 Å². The molecule has 1 aromatic carbocycles. The summed E-state index contributed by atoms with van der Waals surface area (Å²) in [5.74, 6) is 1.73. The molecule has 24 heavy (non-hydrogen) atoms. The van der Waals surface area contributed by atoms with Gasteiger partial charge in [0.15, 0.2) is 4.77 Å². The fourth-order valence-electron chi connectivity index (χ4n) is 3.80. The minimum Gasteiger partial charge on any atom is -0.300 e. The first-order valence-corrected chi connectivity index (χ1v) is 9.16. The lowest BCUT2D eigenvalue weighted by atomic mass is 10.1. The maximum absolute atomic E-state index is 5.69. The van der Waals surface area contributed by atoms with Crippen LogP contribution in [0.25, 0.3) is 0 Å². The maximum Gasteiger partial charge on any atom is 0.199 e. The van der Waals surface area contributed by atoms with Crippen LogP contribution in [0.2, 0.25) is 0 Å². The van der Waals surface area contributed by atoms with Gasteiger partial charge in [0.05, 0.1) is 6.67 Å². The quantitative estimate of drug-likeness (QED) is 0.586. The van der Waals surface area contributed by atoms with E-state index in [0.29, 0.717) is 12.0 Å². The number of rotatable bonds is 6. The number of fused-ring (bicyclic) bond motifs is 1. The van der Waals surface area contributed by atoms with Gasteiger partial charge in [-0.1, -0.05) is 30.3 Å². The number of aromatic nitrogens is 3. The van der Waals surface area contributed by atoms with Crippen LogP contribution in [-0.4, -0.2) is 26.3 Å². The van der Waals surface area contributed by atoms with Crippen molar-refractivity contribution >= 4 is 12.2 Å². The second-order valence-electron chi connectivity index (χ2n) is 6.97. The Labute approximate surface area is 148 Å². The molecule has 1 aromatic heterocycles. The standard InChI is InChI=1S/C19H24N4S/c1-3-12-22-18(15-8-9-15)20-23(19(22)24)13-21(2)17-11-10-14-6-4-5-7-16(14)17/h3-7,15,17H,1,8-13H2,2H3. The van der Waals surface area contributed by atoms with Crippen LogP contribution in [-0.2, 0) is 19.6 Å². The Morgan fingerprint density at radius 3 is 2.88 bits per heavy atom. The van der Waals surface area contributed by atoms with E-state index in [-0.39, 0.29) is 0 Å². The van der Waals surface area contributed by atoms with E-state index in [1.807, 2.05) is 10.8 Å². The van der Waals surface area contributed by atoms with Gasteiger partial charge in [0, 0.05) is 18.5 Å². The van der Waals surface area contributed by atoms with E-state index in [2.05, 4.69) is 47.4 Å². The predicted molar refractivity (Wildman–Crippen MR) is 98.5 cm³/mol. The number of benzene rings is 1. The highest BCUT2D eigenvalue weighted by Crippen LogP contribution is 2.39. The highest BCUT2D eigenvalue weighted by atomic mass is 32.1. The fraction of sp³-hybridized carbons (Fsp3) is 0.474. The van der Waals surface area contributed by atoms with Crippen LogP contribution in [0, 0.1) is 4.77 Å². The molecule has 5 heteroatoms. The van der Waals surface area contributed by atoms with Gasteiger partial charge in [-0.25, -0.2) is 4.68 Å². The third-order valence-electron chi connectivity index (χ3n) is 5.20. The summed E-state index contributed by atoms with van der Waals surface area (Å²) in [7, 11) is 2.18. The van der Waals surface area contributed by atoms with Gasteiger partial charge in [-0.3, -0.25) is 9.47 Å². The Morgan fingerprint density at radius 1 is 1.33 bits per heavy atom. The summed E-state index contributed by atoms with van der Waals surface area (Å²) in [6, 6.07) is 9.24. The molecule has 2 aromatic rings. The zero-order valence-electron chi connectivity index (χ0n) is 14.2. The first-order chi connectivity index (χ1) is 11.7. The number of allylic oxidation sites excluding steroid dienone is 1. The molecule has 4 nitrogen and oxygen atoms in total. The second kappa shape index (κ2) is 6.30. The molecule has 126 valence electrons. The molecule has 4 rings (SSSR count). The van der Waals surface area contributed by atoms with Gasteiger partial charge < -0.3 is 0 Å². The minimum absolute atomic E-state index is 0.456. The molecular formula is C19H24N4S. The number of hydrogen-bond acceptors (Lipinski definition) is 3.